The summed E-state index contributed by atoms with van der Waals surface area (Å²) in [7, 11) is 3.29. The molecule has 1 fully saturated rings. The number of hydrogen-bond donors (Lipinski definition) is 1. The number of hydrogen-bond acceptors (Lipinski definition) is 6. The van der Waals surface area contributed by atoms with Crippen LogP contribution in [0.2, 0.25) is 0 Å². The number of nitrogens with zero attached hydrogens (tertiary/aromatic N) is 3. The first-order valence-corrected chi connectivity index (χ1v) is 12.6. The predicted molar refractivity (Wildman–Crippen MR) is 142 cm³/mol. The molecule has 0 saturated carbocycles. The molecule has 184 valence electrons. The van der Waals surface area contributed by atoms with Crippen LogP contribution in [0.25, 0.3) is 11.3 Å². The minimum Gasteiger partial charge on any atom is -0.497 e. The zero-order chi connectivity index (χ0) is 24.9. The third-order valence-corrected chi connectivity index (χ3v) is 7.06. The molecule has 0 spiro atoms. The van der Waals surface area contributed by atoms with Crippen molar-refractivity contribution in [3.8, 4) is 22.8 Å². The molecule has 5 rings (SSSR count). The van der Waals surface area contributed by atoms with Crippen LogP contribution >= 0.6 is 11.8 Å². The molecule has 0 unspecified atom stereocenters. The van der Waals surface area contributed by atoms with Gasteiger partial charge < -0.3 is 24.3 Å². The van der Waals surface area contributed by atoms with Crippen LogP contribution in [0.5, 0.6) is 11.5 Å². The van der Waals surface area contributed by atoms with Crippen LogP contribution in [0.1, 0.15) is 10.5 Å². The number of ether oxygens (including phenoxy) is 2. The molecule has 0 atom stereocenters. The van der Waals surface area contributed by atoms with Crippen LogP contribution in [-0.4, -0.2) is 61.2 Å². The monoisotopic (exact) mass is 500 g/mol. The molecule has 1 amide bonds. The summed E-state index contributed by atoms with van der Waals surface area (Å²) >= 11 is 1.52. The number of benzene rings is 3. The highest BCUT2D eigenvalue weighted by atomic mass is 32.2. The lowest BCUT2D eigenvalue weighted by Gasteiger charge is -2.36. The van der Waals surface area contributed by atoms with Gasteiger partial charge in [0.15, 0.2) is 5.16 Å². The number of piperazine rings is 1. The molecule has 1 N–H and O–H groups in total. The van der Waals surface area contributed by atoms with Crippen LogP contribution in [0.3, 0.4) is 0 Å². The lowest BCUT2D eigenvalue weighted by atomic mass is 10.1. The standard InChI is InChI=1S/C28H28N4O3S/c1-34-22-17-21(18-23(19-22)35-2)31-13-15-32(16-14-31)27(33)26-25(20-9-5-3-6-10-20)29-28(30-26)36-24-11-7-4-8-12-24/h3-12,17-19H,13-16H2,1-2H3,(H,29,30). The number of anilines is 1. The Hall–Kier alpha value is -3.91. The van der Waals surface area contributed by atoms with Gasteiger partial charge >= 0.3 is 0 Å². The topological polar surface area (TPSA) is 70.7 Å². The Labute approximate surface area is 215 Å². The van der Waals surface area contributed by atoms with Gasteiger partial charge in [0.05, 0.1) is 14.2 Å². The number of H-pyrrole nitrogens is 1. The zero-order valence-corrected chi connectivity index (χ0v) is 21.1. The Balaban J connectivity index is 1.36. The Morgan fingerprint density at radius 2 is 1.47 bits per heavy atom. The van der Waals surface area contributed by atoms with Gasteiger partial charge in [-0.1, -0.05) is 60.3 Å². The van der Waals surface area contributed by atoms with E-state index in [0.29, 0.717) is 42.7 Å². The average molecular weight is 501 g/mol. The van der Waals surface area contributed by atoms with Crippen LogP contribution in [-0.2, 0) is 0 Å². The van der Waals surface area contributed by atoms with Crippen molar-refractivity contribution in [2.45, 2.75) is 10.1 Å². The molecule has 2 heterocycles. The van der Waals surface area contributed by atoms with Crippen LogP contribution in [0.4, 0.5) is 5.69 Å². The summed E-state index contributed by atoms with van der Waals surface area (Å²) < 4.78 is 10.8. The fourth-order valence-electron chi connectivity index (χ4n) is 4.26. The van der Waals surface area contributed by atoms with E-state index in [2.05, 4.69) is 9.88 Å². The number of nitrogens with one attached hydrogen (secondary N) is 1. The summed E-state index contributed by atoms with van der Waals surface area (Å²) in [5.74, 6) is 1.46. The fraction of sp³-hybridized carbons (Fsp3) is 0.214. The third-order valence-electron chi connectivity index (χ3n) is 6.17. The fourth-order valence-corrected chi connectivity index (χ4v) is 5.07. The van der Waals surface area contributed by atoms with Gasteiger partial charge in [0.1, 0.15) is 22.9 Å². The molecule has 0 aliphatic carbocycles. The van der Waals surface area contributed by atoms with Crippen molar-refractivity contribution in [3.05, 3.63) is 84.6 Å². The number of aromatic amines is 1. The van der Waals surface area contributed by atoms with Crippen LogP contribution in [0.15, 0.2) is 88.9 Å². The van der Waals surface area contributed by atoms with E-state index in [9.17, 15) is 4.79 Å². The summed E-state index contributed by atoms with van der Waals surface area (Å²) in [5.41, 5.74) is 3.14. The van der Waals surface area contributed by atoms with Crippen molar-refractivity contribution in [1.82, 2.24) is 14.9 Å². The highest BCUT2D eigenvalue weighted by molar-refractivity contribution is 7.99. The Kier molecular flexibility index (Phi) is 7.13. The molecule has 4 aromatic rings. The van der Waals surface area contributed by atoms with E-state index in [1.165, 1.54) is 11.8 Å². The van der Waals surface area contributed by atoms with E-state index >= 15 is 0 Å². The smallest absolute Gasteiger partial charge is 0.272 e. The third kappa shape index (κ3) is 5.18. The zero-order valence-electron chi connectivity index (χ0n) is 20.3. The van der Waals surface area contributed by atoms with E-state index in [0.717, 1.165) is 27.6 Å². The lowest BCUT2D eigenvalue weighted by Crippen LogP contribution is -2.49. The number of aromatic nitrogens is 2. The van der Waals surface area contributed by atoms with E-state index < -0.39 is 0 Å². The second-order valence-electron chi connectivity index (χ2n) is 8.40. The number of rotatable bonds is 7. The minimum atomic E-state index is -0.0378. The SMILES string of the molecule is COc1cc(OC)cc(N2CCN(C(=O)c3[nH]c(Sc4ccccc4)nc3-c3ccccc3)CC2)c1. The summed E-state index contributed by atoms with van der Waals surface area (Å²) in [6, 6.07) is 25.7. The van der Waals surface area contributed by atoms with E-state index in [1.807, 2.05) is 83.8 Å². The average Bonchev–Trinajstić information content (AvgIpc) is 3.37. The number of imidazole rings is 1. The van der Waals surface area contributed by atoms with Crippen molar-refractivity contribution in [2.75, 3.05) is 45.3 Å². The number of carbonyl (C=O) groups is 1. The van der Waals surface area contributed by atoms with Gasteiger partial charge in [0.25, 0.3) is 5.91 Å². The molecule has 8 heteroatoms. The van der Waals surface area contributed by atoms with Crippen molar-refractivity contribution >= 4 is 23.4 Å². The Morgan fingerprint density at radius 1 is 0.861 bits per heavy atom. The van der Waals surface area contributed by atoms with Gasteiger partial charge in [-0.25, -0.2) is 4.98 Å². The highest BCUT2D eigenvalue weighted by Crippen LogP contribution is 2.32. The van der Waals surface area contributed by atoms with E-state index in [1.54, 1.807) is 14.2 Å². The van der Waals surface area contributed by atoms with E-state index in [4.69, 9.17) is 14.5 Å². The number of carbonyl (C=O) groups excluding carboxylic acids is 1. The molecule has 1 aromatic heterocycles. The molecule has 7 nitrogen and oxygen atoms in total. The number of methoxy groups -OCH3 is 2. The van der Waals surface area contributed by atoms with Crippen LogP contribution in [0, 0.1) is 0 Å². The van der Waals surface area contributed by atoms with Gasteiger partial charge in [-0.3, -0.25) is 4.79 Å². The van der Waals surface area contributed by atoms with Gasteiger partial charge in [0, 0.05) is 60.5 Å². The summed E-state index contributed by atoms with van der Waals surface area (Å²) in [6.45, 7) is 2.63. The van der Waals surface area contributed by atoms with E-state index in [-0.39, 0.29) is 5.91 Å². The molecule has 0 radical (unpaired) electrons. The number of amides is 1. The second-order valence-corrected chi connectivity index (χ2v) is 9.46. The molecular formula is C28H28N4O3S. The molecule has 1 saturated heterocycles. The van der Waals surface area contributed by atoms with Gasteiger partial charge in [0.2, 0.25) is 0 Å². The first kappa shape index (κ1) is 23.8. The minimum absolute atomic E-state index is 0.0378. The maximum absolute atomic E-state index is 13.7. The summed E-state index contributed by atoms with van der Waals surface area (Å²) in [6.07, 6.45) is 0. The Morgan fingerprint density at radius 3 is 2.08 bits per heavy atom. The van der Waals surface area contributed by atoms with Crippen molar-refractivity contribution in [3.63, 3.8) is 0 Å². The van der Waals surface area contributed by atoms with Gasteiger partial charge in [-0.15, -0.1) is 0 Å². The largest absolute Gasteiger partial charge is 0.497 e. The molecule has 0 bridgehead atoms. The van der Waals surface area contributed by atoms with Crippen molar-refractivity contribution < 1.29 is 14.3 Å². The van der Waals surface area contributed by atoms with Crippen LogP contribution < -0.4 is 14.4 Å². The summed E-state index contributed by atoms with van der Waals surface area (Å²) in [4.78, 5) is 27.0. The molecule has 1 aliphatic heterocycles. The van der Waals surface area contributed by atoms with Gasteiger partial charge in [-0.05, 0) is 12.1 Å². The summed E-state index contributed by atoms with van der Waals surface area (Å²) in [5, 5.41) is 0.700. The van der Waals surface area contributed by atoms with Gasteiger partial charge in [-0.2, -0.15) is 0 Å². The quantitative estimate of drug-likeness (QED) is 0.376. The normalized spacial score (nSPS) is 13.5. The Bertz CT molecular complexity index is 1300. The first-order chi connectivity index (χ1) is 17.6. The maximum atomic E-state index is 13.7. The molecule has 36 heavy (non-hydrogen) atoms. The highest BCUT2D eigenvalue weighted by Gasteiger charge is 2.27. The predicted octanol–water partition coefficient (Wildman–Crippen LogP) is 5.21. The maximum Gasteiger partial charge on any atom is 0.272 e. The van der Waals surface area contributed by atoms with Crippen molar-refractivity contribution in [1.29, 1.82) is 0 Å². The molecular weight excluding hydrogens is 472 g/mol. The molecule has 3 aromatic carbocycles. The van der Waals surface area contributed by atoms with Crippen molar-refractivity contribution in [2.24, 2.45) is 0 Å². The molecule has 1 aliphatic rings. The first-order valence-electron chi connectivity index (χ1n) is 11.8. The lowest BCUT2D eigenvalue weighted by molar-refractivity contribution is 0.0742. The second kappa shape index (κ2) is 10.8.